The minimum atomic E-state index is -4.16. The molecule has 10 heteroatoms. The number of aliphatic hydroxyl groups excluding tert-OH is 2. The Balaban J connectivity index is 4.03. The largest absolute Gasteiger partial charge is 0.396 e. The van der Waals surface area contributed by atoms with Crippen LogP contribution in [0.1, 0.15) is 40.5 Å². The summed E-state index contributed by atoms with van der Waals surface area (Å²) in [5, 5.41) is 21.3. The highest BCUT2D eigenvalue weighted by molar-refractivity contribution is 7.99. The monoisotopic (exact) mass is 429 g/mol. The Morgan fingerprint density at radius 2 is 1.85 bits per heavy atom. The van der Waals surface area contributed by atoms with E-state index in [0.29, 0.717) is 25.4 Å². The second-order valence-electron chi connectivity index (χ2n) is 7.65. The molecular formula is C17H35NO7S2. The van der Waals surface area contributed by atoms with Gasteiger partial charge in [0.25, 0.3) is 10.1 Å². The van der Waals surface area contributed by atoms with E-state index in [9.17, 15) is 23.4 Å². The van der Waals surface area contributed by atoms with Gasteiger partial charge >= 0.3 is 0 Å². The van der Waals surface area contributed by atoms with Crippen LogP contribution in [0.4, 0.5) is 0 Å². The quantitative estimate of drug-likeness (QED) is 0.223. The molecule has 0 spiro atoms. The molecule has 0 aliphatic carbocycles. The maximum atomic E-state index is 12.1. The molecule has 0 fully saturated rings. The van der Waals surface area contributed by atoms with Gasteiger partial charge in [0.2, 0.25) is 5.91 Å². The molecule has 4 N–H and O–H groups in total. The van der Waals surface area contributed by atoms with Crippen LogP contribution in [0.15, 0.2) is 0 Å². The van der Waals surface area contributed by atoms with Crippen LogP contribution in [0, 0.1) is 11.3 Å². The standard InChI is InChI=1S/C17H35NO7S2/c1-5-17(10-19,11-20)12-25-7-6-8-26-9-14(2)15(21)18-16(3,4)13-27(22,23)24/h14,19-20H,5-13H2,1-4H3,(H,18,21)(H,22,23,24). The molecule has 162 valence electrons. The normalized spacial score (nSPS) is 14.2. The van der Waals surface area contributed by atoms with Gasteiger partial charge in [0.15, 0.2) is 0 Å². The first-order valence-corrected chi connectivity index (χ1v) is 11.8. The first-order valence-electron chi connectivity index (χ1n) is 9.05. The van der Waals surface area contributed by atoms with Gasteiger partial charge in [-0.2, -0.15) is 20.2 Å². The summed E-state index contributed by atoms with van der Waals surface area (Å²) >= 11 is 1.60. The lowest BCUT2D eigenvalue weighted by Crippen LogP contribution is -2.50. The van der Waals surface area contributed by atoms with Crippen molar-refractivity contribution in [3.05, 3.63) is 0 Å². The molecule has 1 amide bonds. The van der Waals surface area contributed by atoms with Gasteiger partial charge in [-0.1, -0.05) is 13.8 Å². The van der Waals surface area contributed by atoms with Gasteiger partial charge in [-0.15, -0.1) is 0 Å². The first kappa shape index (κ1) is 26.6. The molecule has 0 aromatic rings. The minimum absolute atomic E-state index is 0.116. The van der Waals surface area contributed by atoms with Gasteiger partial charge in [-0.3, -0.25) is 9.35 Å². The van der Waals surface area contributed by atoms with Crippen molar-refractivity contribution >= 4 is 27.8 Å². The molecule has 0 rings (SSSR count). The molecule has 27 heavy (non-hydrogen) atoms. The highest BCUT2D eigenvalue weighted by Crippen LogP contribution is 2.21. The van der Waals surface area contributed by atoms with E-state index in [0.717, 1.165) is 12.2 Å². The molecule has 1 unspecified atom stereocenters. The third-order valence-electron chi connectivity index (χ3n) is 4.23. The first-order chi connectivity index (χ1) is 12.4. The molecule has 0 radical (unpaired) electrons. The summed E-state index contributed by atoms with van der Waals surface area (Å²) in [6.07, 6.45) is 1.42. The molecule has 0 aliphatic heterocycles. The van der Waals surface area contributed by atoms with Crippen LogP contribution in [0.3, 0.4) is 0 Å². The van der Waals surface area contributed by atoms with Gasteiger partial charge in [-0.25, -0.2) is 0 Å². The van der Waals surface area contributed by atoms with E-state index in [2.05, 4.69) is 5.32 Å². The van der Waals surface area contributed by atoms with Gasteiger partial charge in [-0.05, 0) is 32.4 Å². The summed E-state index contributed by atoms with van der Waals surface area (Å²) in [6.45, 7) is 7.34. The lowest BCUT2D eigenvalue weighted by atomic mass is 9.88. The number of amides is 1. The highest BCUT2D eigenvalue weighted by Gasteiger charge is 2.28. The second-order valence-corrected chi connectivity index (χ2v) is 10.3. The zero-order valence-electron chi connectivity index (χ0n) is 16.7. The van der Waals surface area contributed by atoms with Gasteiger partial charge in [0.05, 0.1) is 31.1 Å². The van der Waals surface area contributed by atoms with Crippen LogP contribution in [0.25, 0.3) is 0 Å². The maximum absolute atomic E-state index is 12.1. The Labute approximate surface area is 167 Å². The van der Waals surface area contributed by atoms with Crippen LogP contribution in [0.5, 0.6) is 0 Å². The average Bonchev–Trinajstić information content (AvgIpc) is 2.55. The fraction of sp³-hybridized carbons (Fsp3) is 0.941. The number of carbonyl (C=O) groups excluding carboxylic acids is 1. The number of thioether (sulfide) groups is 1. The van der Waals surface area contributed by atoms with E-state index in [1.54, 1.807) is 32.5 Å². The van der Waals surface area contributed by atoms with Crippen molar-refractivity contribution in [3.8, 4) is 0 Å². The van der Waals surface area contributed by atoms with Crippen molar-refractivity contribution in [1.29, 1.82) is 0 Å². The van der Waals surface area contributed by atoms with Crippen LogP contribution in [0.2, 0.25) is 0 Å². The fourth-order valence-corrected chi connectivity index (χ4v) is 4.28. The number of hydrogen-bond acceptors (Lipinski definition) is 7. The number of nitrogens with one attached hydrogen (secondary N) is 1. The van der Waals surface area contributed by atoms with Crippen LogP contribution in [-0.4, -0.2) is 78.3 Å². The number of ether oxygens (including phenoxy) is 1. The molecule has 0 aromatic heterocycles. The molecule has 0 bridgehead atoms. The summed E-state index contributed by atoms with van der Waals surface area (Å²) in [4.78, 5) is 12.1. The van der Waals surface area contributed by atoms with E-state index in [4.69, 9.17) is 9.29 Å². The summed E-state index contributed by atoms with van der Waals surface area (Å²) < 4.78 is 36.4. The van der Waals surface area contributed by atoms with Crippen molar-refractivity contribution in [2.75, 3.05) is 43.7 Å². The lowest BCUT2D eigenvalue weighted by molar-refractivity contribution is -0.125. The molecule has 1 atom stereocenters. The van der Waals surface area contributed by atoms with Gasteiger partial charge in [0.1, 0.15) is 0 Å². The zero-order chi connectivity index (χ0) is 21.1. The Bertz CT molecular complexity index is 525. The SMILES string of the molecule is CCC(CO)(CO)COCCCSCC(C)C(=O)NC(C)(C)CS(=O)(=O)O. The van der Waals surface area contributed by atoms with E-state index < -0.39 is 26.8 Å². The number of hydrogen-bond donors (Lipinski definition) is 4. The second kappa shape index (κ2) is 12.2. The molecule has 8 nitrogen and oxygen atoms in total. The van der Waals surface area contributed by atoms with Crippen molar-refractivity contribution in [3.63, 3.8) is 0 Å². The molecule has 0 aliphatic rings. The Morgan fingerprint density at radius 1 is 1.26 bits per heavy atom. The van der Waals surface area contributed by atoms with E-state index in [-0.39, 0.29) is 25.0 Å². The zero-order valence-corrected chi connectivity index (χ0v) is 18.4. The average molecular weight is 430 g/mol. The molecular weight excluding hydrogens is 394 g/mol. The van der Waals surface area contributed by atoms with Gasteiger partial charge in [0, 0.05) is 23.7 Å². The fourth-order valence-electron chi connectivity index (χ4n) is 2.30. The van der Waals surface area contributed by atoms with E-state index in [1.165, 1.54) is 0 Å². The van der Waals surface area contributed by atoms with Crippen molar-refractivity contribution in [1.82, 2.24) is 5.32 Å². The molecule has 0 aromatic carbocycles. The van der Waals surface area contributed by atoms with E-state index in [1.807, 2.05) is 6.92 Å². The summed E-state index contributed by atoms with van der Waals surface area (Å²) in [5.74, 6) is 0.284. The predicted octanol–water partition coefficient (Wildman–Crippen LogP) is 0.926. The topological polar surface area (TPSA) is 133 Å². The van der Waals surface area contributed by atoms with Crippen molar-refractivity contribution in [2.24, 2.45) is 11.3 Å². The van der Waals surface area contributed by atoms with Crippen molar-refractivity contribution in [2.45, 2.75) is 46.1 Å². The van der Waals surface area contributed by atoms with Crippen molar-refractivity contribution < 1.29 is 32.7 Å². The molecule has 0 saturated carbocycles. The Morgan fingerprint density at radius 3 is 2.33 bits per heavy atom. The van der Waals surface area contributed by atoms with Crippen LogP contribution < -0.4 is 5.32 Å². The third-order valence-corrected chi connectivity index (χ3v) is 6.63. The number of aliphatic hydroxyl groups is 2. The maximum Gasteiger partial charge on any atom is 0.267 e. The minimum Gasteiger partial charge on any atom is -0.396 e. The Hall–Kier alpha value is -0.390. The number of rotatable bonds is 15. The Kier molecular flexibility index (Phi) is 12.1. The predicted molar refractivity (Wildman–Crippen MR) is 107 cm³/mol. The lowest BCUT2D eigenvalue weighted by Gasteiger charge is -2.27. The summed E-state index contributed by atoms with van der Waals surface area (Å²) in [6, 6.07) is 0. The number of carbonyl (C=O) groups is 1. The van der Waals surface area contributed by atoms with Crippen LogP contribution >= 0.6 is 11.8 Å². The van der Waals surface area contributed by atoms with E-state index >= 15 is 0 Å². The highest BCUT2D eigenvalue weighted by atomic mass is 32.2. The third kappa shape index (κ3) is 11.9. The van der Waals surface area contributed by atoms with Crippen LogP contribution in [-0.2, 0) is 19.6 Å². The summed E-state index contributed by atoms with van der Waals surface area (Å²) in [5.41, 5.74) is -1.63. The molecule has 0 saturated heterocycles. The smallest absolute Gasteiger partial charge is 0.267 e. The molecule has 0 heterocycles. The van der Waals surface area contributed by atoms with Gasteiger partial charge < -0.3 is 20.3 Å². The summed E-state index contributed by atoms with van der Waals surface area (Å²) in [7, 11) is -4.16.